The van der Waals surface area contributed by atoms with E-state index in [1.165, 1.54) is 0 Å². The molecule has 6 nitrogen and oxygen atoms in total. The Morgan fingerprint density at radius 2 is 1.67 bits per heavy atom. The highest BCUT2D eigenvalue weighted by Crippen LogP contribution is 2.26. The Bertz CT molecular complexity index is 874. The number of benzene rings is 2. The van der Waals surface area contributed by atoms with E-state index in [1.54, 1.807) is 69.1 Å². The Morgan fingerprint density at radius 3 is 2.26 bits per heavy atom. The first-order chi connectivity index (χ1) is 13.2. The van der Waals surface area contributed by atoms with Gasteiger partial charge in [0.05, 0.1) is 14.2 Å². The van der Waals surface area contributed by atoms with Crippen molar-refractivity contribution in [1.82, 2.24) is 4.98 Å². The first-order valence-electron chi connectivity index (χ1n) is 8.34. The number of carbonyl (C=O) groups excluding carboxylic acids is 1. The molecule has 1 aromatic heterocycles. The summed E-state index contributed by atoms with van der Waals surface area (Å²) >= 11 is 0. The summed E-state index contributed by atoms with van der Waals surface area (Å²) in [6, 6.07) is 15.9. The van der Waals surface area contributed by atoms with Crippen molar-refractivity contribution in [2.45, 2.75) is 6.61 Å². The van der Waals surface area contributed by atoms with Crippen molar-refractivity contribution in [3.63, 3.8) is 0 Å². The maximum atomic E-state index is 12.5. The van der Waals surface area contributed by atoms with Crippen LogP contribution in [0.2, 0.25) is 0 Å². The maximum absolute atomic E-state index is 12.5. The van der Waals surface area contributed by atoms with E-state index in [4.69, 9.17) is 14.2 Å². The van der Waals surface area contributed by atoms with E-state index in [2.05, 4.69) is 10.3 Å². The van der Waals surface area contributed by atoms with Crippen LogP contribution in [0, 0.1) is 0 Å². The molecule has 0 radical (unpaired) electrons. The molecule has 0 saturated carbocycles. The van der Waals surface area contributed by atoms with E-state index in [-0.39, 0.29) is 5.91 Å². The Kier molecular flexibility index (Phi) is 5.89. The van der Waals surface area contributed by atoms with Crippen LogP contribution in [0.25, 0.3) is 0 Å². The molecule has 0 spiro atoms. The molecule has 6 heteroatoms. The summed E-state index contributed by atoms with van der Waals surface area (Å²) in [6.07, 6.45) is 3.47. The van der Waals surface area contributed by atoms with Crippen molar-refractivity contribution in [3.05, 3.63) is 78.1 Å². The fourth-order valence-electron chi connectivity index (χ4n) is 2.44. The second kappa shape index (κ2) is 8.71. The molecular weight excluding hydrogens is 344 g/mol. The molecule has 2 aromatic carbocycles. The highest BCUT2D eigenvalue weighted by molar-refractivity contribution is 6.04. The number of anilines is 1. The van der Waals surface area contributed by atoms with Crippen molar-refractivity contribution < 1.29 is 19.0 Å². The molecule has 0 bridgehead atoms. The van der Waals surface area contributed by atoms with Gasteiger partial charge in [-0.25, -0.2) is 0 Å². The number of hydrogen-bond acceptors (Lipinski definition) is 5. The van der Waals surface area contributed by atoms with Crippen molar-refractivity contribution in [1.29, 1.82) is 0 Å². The van der Waals surface area contributed by atoms with Crippen LogP contribution in [0.1, 0.15) is 15.9 Å². The molecule has 0 atom stereocenters. The molecule has 27 heavy (non-hydrogen) atoms. The van der Waals surface area contributed by atoms with Gasteiger partial charge >= 0.3 is 0 Å². The van der Waals surface area contributed by atoms with Crippen molar-refractivity contribution >= 4 is 11.6 Å². The second-order valence-electron chi connectivity index (χ2n) is 5.73. The molecule has 0 saturated heterocycles. The number of aromatic nitrogens is 1. The molecule has 1 N–H and O–H groups in total. The standard InChI is InChI=1S/C21H20N2O4/c1-25-19-10-17(11-20(12-19)26-2)23-21(24)16-5-7-18(8-6-16)27-14-15-4-3-9-22-13-15/h3-13H,14H2,1-2H3,(H,23,24). The molecule has 1 amide bonds. The minimum absolute atomic E-state index is 0.232. The van der Waals surface area contributed by atoms with Gasteiger partial charge in [-0.2, -0.15) is 0 Å². The van der Waals surface area contributed by atoms with Crippen LogP contribution in [-0.4, -0.2) is 25.1 Å². The van der Waals surface area contributed by atoms with E-state index in [9.17, 15) is 4.79 Å². The fourth-order valence-corrected chi connectivity index (χ4v) is 2.44. The smallest absolute Gasteiger partial charge is 0.255 e. The van der Waals surface area contributed by atoms with Crippen molar-refractivity contribution in [2.75, 3.05) is 19.5 Å². The average Bonchev–Trinajstić information content (AvgIpc) is 2.73. The van der Waals surface area contributed by atoms with Crippen LogP contribution in [0.4, 0.5) is 5.69 Å². The molecular formula is C21H20N2O4. The second-order valence-corrected chi connectivity index (χ2v) is 5.73. The number of hydrogen-bond donors (Lipinski definition) is 1. The normalized spacial score (nSPS) is 10.1. The van der Waals surface area contributed by atoms with E-state index in [0.29, 0.717) is 35.1 Å². The molecule has 0 unspecified atom stereocenters. The largest absolute Gasteiger partial charge is 0.497 e. The van der Waals surface area contributed by atoms with Gasteiger partial charge in [0.1, 0.15) is 23.9 Å². The van der Waals surface area contributed by atoms with Gasteiger partial charge in [0.15, 0.2) is 0 Å². The molecule has 0 fully saturated rings. The minimum Gasteiger partial charge on any atom is -0.497 e. The summed E-state index contributed by atoms with van der Waals surface area (Å²) in [7, 11) is 3.12. The third-order valence-electron chi connectivity index (χ3n) is 3.85. The summed E-state index contributed by atoms with van der Waals surface area (Å²) in [4.78, 5) is 16.5. The SMILES string of the molecule is COc1cc(NC(=O)c2ccc(OCc3cccnc3)cc2)cc(OC)c1. The van der Waals surface area contributed by atoms with Crippen LogP contribution in [0.15, 0.2) is 67.0 Å². The lowest BCUT2D eigenvalue weighted by Crippen LogP contribution is -2.12. The molecule has 3 rings (SSSR count). The van der Waals surface area contributed by atoms with E-state index >= 15 is 0 Å². The third kappa shape index (κ3) is 4.98. The predicted molar refractivity (Wildman–Crippen MR) is 103 cm³/mol. The number of nitrogens with one attached hydrogen (secondary N) is 1. The highest BCUT2D eigenvalue weighted by atomic mass is 16.5. The monoisotopic (exact) mass is 364 g/mol. The molecule has 3 aromatic rings. The summed E-state index contributed by atoms with van der Waals surface area (Å²) in [6.45, 7) is 0.420. The summed E-state index contributed by atoms with van der Waals surface area (Å²) in [5, 5.41) is 2.84. The number of methoxy groups -OCH3 is 2. The van der Waals surface area contributed by atoms with E-state index in [0.717, 1.165) is 5.56 Å². The van der Waals surface area contributed by atoms with Crippen molar-refractivity contribution in [3.8, 4) is 17.2 Å². The predicted octanol–water partition coefficient (Wildman–Crippen LogP) is 3.93. The van der Waals surface area contributed by atoms with E-state index < -0.39 is 0 Å². The first-order valence-corrected chi connectivity index (χ1v) is 8.34. The maximum Gasteiger partial charge on any atom is 0.255 e. The lowest BCUT2D eigenvalue weighted by molar-refractivity contribution is 0.102. The lowest BCUT2D eigenvalue weighted by atomic mass is 10.2. The van der Waals surface area contributed by atoms with Gasteiger partial charge in [0, 0.05) is 47.4 Å². The van der Waals surface area contributed by atoms with Gasteiger partial charge in [0.25, 0.3) is 5.91 Å². The first kappa shape index (κ1) is 18.3. The number of ether oxygens (including phenoxy) is 3. The Labute approximate surface area is 157 Å². The number of amides is 1. The minimum atomic E-state index is -0.232. The van der Waals surface area contributed by atoms with Crippen LogP contribution in [-0.2, 0) is 6.61 Å². The topological polar surface area (TPSA) is 69.7 Å². The molecule has 0 aliphatic carbocycles. The molecule has 138 valence electrons. The fraction of sp³-hybridized carbons (Fsp3) is 0.143. The number of pyridine rings is 1. The molecule has 0 aliphatic heterocycles. The highest BCUT2D eigenvalue weighted by Gasteiger charge is 2.09. The zero-order chi connectivity index (χ0) is 19.1. The van der Waals surface area contributed by atoms with Crippen LogP contribution in [0.3, 0.4) is 0 Å². The van der Waals surface area contributed by atoms with Gasteiger partial charge < -0.3 is 19.5 Å². The summed E-state index contributed by atoms with van der Waals surface area (Å²) in [5.74, 6) is 1.65. The zero-order valence-corrected chi connectivity index (χ0v) is 15.1. The number of rotatable bonds is 7. The van der Waals surface area contributed by atoms with Gasteiger partial charge in [-0.05, 0) is 30.3 Å². The van der Waals surface area contributed by atoms with E-state index in [1.807, 2.05) is 12.1 Å². The third-order valence-corrected chi connectivity index (χ3v) is 3.85. The number of nitrogens with zero attached hydrogens (tertiary/aromatic N) is 1. The van der Waals surface area contributed by atoms with Crippen molar-refractivity contribution in [2.24, 2.45) is 0 Å². The Morgan fingerprint density at radius 1 is 0.963 bits per heavy atom. The summed E-state index contributed by atoms with van der Waals surface area (Å²) < 4.78 is 16.1. The molecule has 0 aliphatic rings. The van der Waals surface area contributed by atoms with Crippen LogP contribution >= 0.6 is 0 Å². The van der Waals surface area contributed by atoms with Gasteiger partial charge in [0.2, 0.25) is 0 Å². The van der Waals surface area contributed by atoms with Crippen LogP contribution < -0.4 is 19.5 Å². The Balaban J connectivity index is 1.63. The van der Waals surface area contributed by atoms with Gasteiger partial charge in [-0.3, -0.25) is 9.78 Å². The lowest BCUT2D eigenvalue weighted by Gasteiger charge is -2.10. The zero-order valence-electron chi connectivity index (χ0n) is 15.1. The quantitative estimate of drug-likeness (QED) is 0.688. The van der Waals surface area contributed by atoms with Gasteiger partial charge in [-0.15, -0.1) is 0 Å². The summed E-state index contributed by atoms with van der Waals surface area (Å²) in [5.41, 5.74) is 2.09. The molecule has 1 heterocycles. The number of carbonyl (C=O) groups is 1. The average molecular weight is 364 g/mol. The van der Waals surface area contributed by atoms with Gasteiger partial charge in [-0.1, -0.05) is 6.07 Å². The van der Waals surface area contributed by atoms with Crippen LogP contribution in [0.5, 0.6) is 17.2 Å². The Hall–Kier alpha value is -3.54.